The van der Waals surface area contributed by atoms with Crippen LogP contribution in [0, 0.1) is 0 Å². The SMILES string of the molecule is C[C@@H]1NC(=O)[C@H]([C@@H](C)O)NC(=O)[C@@H]2C[C@H](NC(=O)CNS(C)(=O)=O)CN2C(=O)[C@@H](Cc2c[nH]c3ccccc23)NC(=O)COc2ccc(cc2)CCNC1=O. The van der Waals surface area contributed by atoms with Crippen molar-refractivity contribution in [3.05, 3.63) is 65.9 Å². The van der Waals surface area contributed by atoms with Crippen molar-refractivity contribution in [3.8, 4) is 5.75 Å². The largest absolute Gasteiger partial charge is 0.484 e. The van der Waals surface area contributed by atoms with Gasteiger partial charge in [-0.1, -0.05) is 30.3 Å². The third-order valence-corrected chi connectivity index (χ3v) is 9.97. The maximum atomic E-state index is 14.6. The smallest absolute Gasteiger partial charge is 0.258 e. The lowest BCUT2D eigenvalue weighted by Gasteiger charge is -2.30. The fraction of sp³-hybridized carbons (Fsp3) is 0.444. The number of nitrogens with zero attached hydrogens (tertiary/aromatic N) is 1. The van der Waals surface area contributed by atoms with Crippen molar-refractivity contribution in [3.63, 3.8) is 0 Å². The summed E-state index contributed by atoms with van der Waals surface area (Å²) in [6.45, 7) is 1.68. The van der Waals surface area contributed by atoms with Crippen molar-refractivity contribution >= 4 is 56.4 Å². The number of benzene rings is 2. The Morgan fingerprint density at radius 3 is 2.44 bits per heavy atom. The summed E-state index contributed by atoms with van der Waals surface area (Å²) in [5, 5.41) is 24.5. The number of carbonyl (C=O) groups excluding carboxylic acids is 6. The predicted molar refractivity (Wildman–Crippen MR) is 199 cm³/mol. The predicted octanol–water partition coefficient (Wildman–Crippen LogP) is -2.05. The molecule has 296 valence electrons. The molecule has 6 atom stereocenters. The summed E-state index contributed by atoms with van der Waals surface area (Å²) in [4.78, 5) is 85.2. The molecule has 3 aliphatic heterocycles. The van der Waals surface area contributed by atoms with Gasteiger partial charge in [0.15, 0.2) is 6.61 Å². The molecule has 1 fully saturated rings. The number of hydrogen-bond acceptors (Lipinski definition) is 10. The lowest BCUT2D eigenvalue weighted by atomic mass is 10.0. The molecule has 0 saturated carbocycles. The third kappa shape index (κ3) is 11.0. The van der Waals surface area contributed by atoms with E-state index in [2.05, 4.69) is 36.3 Å². The molecule has 0 aliphatic carbocycles. The van der Waals surface area contributed by atoms with Crippen molar-refractivity contribution in [2.45, 2.75) is 69.4 Å². The highest BCUT2D eigenvalue weighted by Crippen LogP contribution is 2.24. The highest BCUT2D eigenvalue weighted by atomic mass is 32.2. The van der Waals surface area contributed by atoms with Crippen molar-refractivity contribution in [1.29, 1.82) is 0 Å². The summed E-state index contributed by atoms with van der Waals surface area (Å²) in [6.07, 6.45) is 1.43. The number of aromatic nitrogens is 1. The van der Waals surface area contributed by atoms with E-state index in [4.69, 9.17) is 4.74 Å². The maximum Gasteiger partial charge on any atom is 0.258 e. The van der Waals surface area contributed by atoms with Crippen LogP contribution in [0.1, 0.15) is 31.4 Å². The Morgan fingerprint density at radius 1 is 1.00 bits per heavy atom. The van der Waals surface area contributed by atoms with Crippen LogP contribution in [0.2, 0.25) is 0 Å². The fourth-order valence-electron chi connectivity index (χ4n) is 6.47. The Morgan fingerprint density at radius 2 is 1.73 bits per heavy atom. The molecule has 3 aromatic rings. The van der Waals surface area contributed by atoms with E-state index in [-0.39, 0.29) is 25.9 Å². The lowest BCUT2D eigenvalue weighted by molar-refractivity contribution is -0.143. The van der Waals surface area contributed by atoms with Crippen molar-refractivity contribution < 1.29 is 47.0 Å². The first-order valence-electron chi connectivity index (χ1n) is 17.7. The van der Waals surface area contributed by atoms with Crippen LogP contribution in [0.15, 0.2) is 54.7 Å². The minimum Gasteiger partial charge on any atom is -0.484 e. The highest BCUT2D eigenvalue weighted by Gasteiger charge is 2.44. The Balaban J connectivity index is 1.48. The average Bonchev–Trinajstić information content (AvgIpc) is 3.75. The molecular formula is C36H46N8O10S. The van der Waals surface area contributed by atoms with Crippen molar-refractivity contribution in [1.82, 2.24) is 41.2 Å². The number of aromatic amines is 1. The average molecular weight is 783 g/mol. The minimum absolute atomic E-state index is 0.0118. The van der Waals surface area contributed by atoms with E-state index in [1.807, 2.05) is 24.3 Å². The van der Waals surface area contributed by atoms with Crippen LogP contribution in [-0.4, -0.2) is 128 Å². The number of aliphatic hydroxyl groups excluding tert-OH is 1. The number of fused-ring (bicyclic) bond motifs is 17. The number of rotatable bonds is 7. The van der Waals surface area contributed by atoms with Crippen LogP contribution >= 0.6 is 0 Å². The number of nitrogens with one attached hydrogen (secondary N) is 7. The molecule has 0 unspecified atom stereocenters. The first-order valence-corrected chi connectivity index (χ1v) is 19.6. The molecule has 8 N–H and O–H groups in total. The van der Waals surface area contributed by atoms with E-state index in [1.165, 1.54) is 18.7 Å². The molecule has 19 heteroatoms. The van der Waals surface area contributed by atoms with Gasteiger partial charge < -0.3 is 46.3 Å². The van der Waals surface area contributed by atoms with Gasteiger partial charge in [-0.05, 0) is 56.0 Å². The Kier molecular flexibility index (Phi) is 13.1. The standard InChI is InChI=1S/C36H46N8O10S/c1-20-33(48)37-13-12-22-8-10-25(11-9-22)54-19-31(47)42-28(14-23-16-38-27-7-5-4-6-26(23)27)36(51)44-18-24(41-30(46)17-39-55(3,52)53)15-29(44)34(49)43-32(21(2)45)35(50)40-20/h4-11,16,20-21,24,28-29,32,38-39,45H,12-15,17-19H2,1-3H3,(H,37,48)(H,40,50)(H,41,46)(H,42,47)(H,43,49)/t20-,21+,24-,28+,29-,32-/m0/s1. The molecule has 1 saturated heterocycles. The molecule has 2 aromatic carbocycles. The molecule has 55 heavy (non-hydrogen) atoms. The fourth-order valence-corrected chi connectivity index (χ4v) is 6.87. The summed E-state index contributed by atoms with van der Waals surface area (Å²) in [5.41, 5.74) is 2.34. The number of aliphatic hydroxyl groups is 1. The first-order chi connectivity index (χ1) is 26.1. The van der Waals surface area contributed by atoms with Crippen molar-refractivity contribution in [2.24, 2.45) is 0 Å². The molecule has 6 amide bonds. The maximum absolute atomic E-state index is 14.6. The summed E-state index contributed by atoms with van der Waals surface area (Å²) in [7, 11) is -3.71. The van der Waals surface area contributed by atoms with Crippen LogP contribution in [0.25, 0.3) is 10.9 Å². The van der Waals surface area contributed by atoms with Crippen LogP contribution in [0.5, 0.6) is 5.75 Å². The van der Waals surface area contributed by atoms with Crippen LogP contribution in [0.4, 0.5) is 0 Å². The van der Waals surface area contributed by atoms with Gasteiger partial charge in [0.25, 0.3) is 5.91 Å². The van der Waals surface area contributed by atoms with Gasteiger partial charge in [0.1, 0.15) is 29.9 Å². The van der Waals surface area contributed by atoms with Gasteiger partial charge >= 0.3 is 0 Å². The first kappa shape index (κ1) is 40.7. The van der Waals surface area contributed by atoms with E-state index >= 15 is 0 Å². The molecule has 6 rings (SSSR count). The quantitative estimate of drug-likeness (QED) is 0.122. The minimum atomic E-state index is -3.71. The third-order valence-electron chi connectivity index (χ3n) is 9.30. The number of hydrogen-bond donors (Lipinski definition) is 8. The number of amides is 6. The topological polar surface area (TPSA) is 257 Å². The number of sulfonamides is 1. The van der Waals surface area contributed by atoms with E-state index < -0.39 is 94.9 Å². The molecule has 0 spiro atoms. The zero-order valence-electron chi connectivity index (χ0n) is 30.6. The molecule has 2 bridgehead atoms. The summed E-state index contributed by atoms with van der Waals surface area (Å²) in [5.74, 6) is -3.90. The van der Waals surface area contributed by atoms with Crippen molar-refractivity contribution in [2.75, 3.05) is 32.5 Å². The van der Waals surface area contributed by atoms with Gasteiger partial charge in [0.2, 0.25) is 39.6 Å². The van der Waals surface area contributed by atoms with Crippen LogP contribution < -0.4 is 36.0 Å². The van der Waals surface area contributed by atoms with Gasteiger partial charge in [-0.2, -0.15) is 0 Å². The van der Waals surface area contributed by atoms with E-state index in [1.54, 1.807) is 30.5 Å². The molecule has 3 aliphatic rings. The van der Waals surface area contributed by atoms with Gasteiger partial charge in [-0.25, -0.2) is 13.1 Å². The molecule has 1 aromatic heterocycles. The monoisotopic (exact) mass is 782 g/mol. The second-order valence-electron chi connectivity index (χ2n) is 13.7. The van der Waals surface area contributed by atoms with Gasteiger partial charge in [-0.15, -0.1) is 0 Å². The second-order valence-corrected chi connectivity index (χ2v) is 15.5. The van der Waals surface area contributed by atoms with Gasteiger partial charge in [-0.3, -0.25) is 28.8 Å². The summed E-state index contributed by atoms with van der Waals surface area (Å²) >= 11 is 0. The number of H-pyrrole nitrogens is 1. The van der Waals surface area contributed by atoms with Crippen LogP contribution in [-0.2, 0) is 51.6 Å². The molecular weight excluding hydrogens is 737 g/mol. The Bertz CT molecular complexity index is 2020. The van der Waals surface area contributed by atoms with Gasteiger partial charge in [0, 0.05) is 42.7 Å². The second kappa shape index (κ2) is 17.7. The number of carbonyl (C=O) groups is 6. The Labute approximate surface area is 317 Å². The van der Waals surface area contributed by atoms with E-state index in [9.17, 15) is 42.3 Å². The van der Waals surface area contributed by atoms with Gasteiger partial charge in [0.05, 0.1) is 18.9 Å². The highest BCUT2D eigenvalue weighted by molar-refractivity contribution is 7.88. The zero-order valence-corrected chi connectivity index (χ0v) is 31.4. The summed E-state index contributed by atoms with van der Waals surface area (Å²) < 4.78 is 31.0. The Hall–Kier alpha value is -5.53. The van der Waals surface area contributed by atoms with E-state index in [0.717, 1.165) is 22.7 Å². The number of para-hydroxylation sites is 1. The normalized spacial score (nSPS) is 24.0. The van der Waals surface area contributed by atoms with E-state index in [0.29, 0.717) is 17.7 Å². The zero-order chi connectivity index (χ0) is 39.9. The molecule has 4 heterocycles. The van der Waals surface area contributed by atoms with Crippen LogP contribution in [0.3, 0.4) is 0 Å². The molecule has 18 nitrogen and oxygen atoms in total. The molecule has 0 radical (unpaired) electrons. The summed E-state index contributed by atoms with van der Waals surface area (Å²) in [6, 6.07) is 8.21. The number of ether oxygens (including phenoxy) is 1. The lowest BCUT2D eigenvalue weighted by Crippen LogP contribution is -2.60.